The van der Waals surface area contributed by atoms with Crippen molar-refractivity contribution in [3.63, 3.8) is 0 Å². The van der Waals surface area contributed by atoms with Crippen LogP contribution in [-0.4, -0.2) is 25.0 Å². The maximum absolute atomic E-state index is 14.2. The van der Waals surface area contributed by atoms with Crippen LogP contribution >= 0.6 is 11.6 Å². The Hall–Kier alpha value is -2.64. The van der Waals surface area contributed by atoms with Crippen molar-refractivity contribution in [3.05, 3.63) is 52.8 Å². The zero-order chi connectivity index (χ0) is 22.3. The van der Waals surface area contributed by atoms with Gasteiger partial charge in [0.1, 0.15) is 17.1 Å². The van der Waals surface area contributed by atoms with Gasteiger partial charge in [-0.15, -0.1) is 0 Å². The molecule has 3 N–H and O–H groups in total. The number of hydrogen-bond donors (Lipinski definition) is 3. The average Bonchev–Trinajstić information content (AvgIpc) is 3.21. The number of nitrogens with one attached hydrogen (secondary N) is 3. The first-order valence-electron chi connectivity index (χ1n) is 10.3. The third-order valence-corrected chi connectivity index (χ3v) is 6.21. The van der Waals surface area contributed by atoms with Crippen LogP contribution in [-0.2, 0) is 15.1 Å². The van der Waals surface area contributed by atoms with Crippen molar-refractivity contribution in [2.24, 2.45) is 11.8 Å². The van der Waals surface area contributed by atoms with Gasteiger partial charge in [0.25, 0.3) is 0 Å². The Morgan fingerprint density at radius 2 is 2.10 bits per heavy atom. The number of ether oxygens (including phenoxy) is 1. The third kappa shape index (κ3) is 3.77. The normalized spacial score (nSPS) is 24.4. The molecule has 0 unspecified atom stereocenters. The van der Waals surface area contributed by atoms with E-state index in [-0.39, 0.29) is 17.9 Å². The zero-order valence-corrected chi connectivity index (χ0v) is 18.3. The molecule has 1 fully saturated rings. The summed E-state index contributed by atoms with van der Waals surface area (Å²) in [6, 6.07) is 9.01. The van der Waals surface area contributed by atoms with E-state index in [1.165, 1.54) is 25.3 Å². The number of carbonyl (C=O) groups excluding carboxylic acids is 2. The predicted molar refractivity (Wildman–Crippen MR) is 118 cm³/mol. The van der Waals surface area contributed by atoms with Crippen LogP contribution in [0, 0.1) is 17.7 Å². The van der Waals surface area contributed by atoms with Gasteiger partial charge in [0.2, 0.25) is 11.8 Å². The average molecular weight is 446 g/mol. The molecule has 0 radical (unpaired) electrons. The van der Waals surface area contributed by atoms with Crippen LogP contribution in [0.3, 0.4) is 0 Å². The third-order valence-electron chi connectivity index (χ3n) is 5.98. The minimum absolute atomic E-state index is 0.0722. The molecule has 0 bridgehead atoms. The maximum Gasteiger partial charge on any atom is 0.250 e. The van der Waals surface area contributed by atoms with Gasteiger partial charge < -0.3 is 15.4 Å². The van der Waals surface area contributed by atoms with Crippen LogP contribution < -0.4 is 20.7 Å². The van der Waals surface area contributed by atoms with Crippen LogP contribution in [0.1, 0.15) is 32.3 Å². The number of anilines is 2. The van der Waals surface area contributed by atoms with Crippen molar-refractivity contribution in [3.8, 4) is 5.75 Å². The summed E-state index contributed by atoms with van der Waals surface area (Å²) in [5.41, 5.74) is 0.0527. The number of benzene rings is 2. The Morgan fingerprint density at radius 3 is 2.81 bits per heavy atom. The summed E-state index contributed by atoms with van der Waals surface area (Å²) in [5, 5.41) is 9.53. The Morgan fingerprint density at radius 1 is 1.32 bits per heavy atom. The molecule has 2 heterocycles. The fraction of sp³-hybridized carbons (Fsp3) is 0.391. The number of fused-ring (bicyclic) bond motifs is 2. The van der Waals surface area contributed by atoms with Gasteiger partial charge in [-0.1, -0.05) is 25.4 Å². The van der Waals surface area contributed by atoms with Gasteiger partial charge in [-0.3, -0.25) is 14.9 Å². The lowest BCUT2D eigenvalue weighted by atomic mass is 9.79. The lowest BCUT2D eigenvalue weighted by molar-refractivity contribution is -0.130. The van der Waals surface area contributed by atoms with Crippen LogP contribution in [0.5, 0.6) is 5.75 Å². The van der Waals surface area contributed by atoms with Gasteiger partial charge in [0.05, 0.1) is 18.7 Å². The number of halogens is 2. The van der Waals surface area contributed by atoms with Gasteiger partial charge in [-0.2, -0.15) is 0 Å². The summed E-state index contributed by atoms with van der Waals surface area (Å²) in [6.07, 6.45) is 1.22. The smallest absolute Gasteiger partial charge is 0.250 e. The molecule has 2 aliphatic rings. The number of rotatable bonds is 5. The van der Waals surface area contributed by atoms with Crippen molar-refractivity contribution >= 4 is 34.8 Å². The zero-order valence-electron chi connectivity index (χ0n) is 17.6. The Balaban J connectivity index is 1.74. The second-order valence-electron chi connectivity index (χ2n) is 8.54. The van der Waals surface area contributed by atoms with Gasteiger partial charge in [0, 0.05) is 22.3 Å². The monoisotopic (exact) mass is 445 g/mol. The molecule has 4 rings (SSSR count). The van der Waals surface area contributed by atoms with E-state index in [9.17, 15) is 14.0 Å². The molecule has 2 aromatic rings. The molecule has 2 aromatic carbocycles. The standard InChI is InChI=1S/C23H25ClFN3O3/c1-12(2)8-15-11-17(21(29)26-19-9-13(24)4-7-20(19)31-3)23(28-15)16-10-14(25)5-6-18(16)27-22(23)30/h4-7,9-10,12,15,17,28H,8,11H2,1-3H3,(H,26,29)(H,27,30)/t15-,17+,23-/m1/s1. The van der Waals surface area contributed by atoms with E-state index >= 15 is 0 Å². The van der Waals surface area contributed by atoms with Crippen LogP contribution in [0.15, 0.2) is 36.4 Å². The minimum Gasteiger partial charge on any atom is -0.495 e. The van der Waals surface area contributed by atoms with Crippen molar-refractivity contribution in [1.29, 1.82) is 0 Å². The highest BCUT2D eigenvalue weighted by Gasteiger charge is 2.60. The second kappa shape index (κ2) is 8.13. The Labute approximate surface area is 185 Å². The maximum atomic E-state index is 14.2. The van der Waals surface area contributed by atoms with Gasteiger partial charge in [-0.05, 0) is 55.2 Å². The summed E-state index contributed by atoms with van der Waals surface area (Å²) in [4.78, 5) is 26.7. The number of hydrogen-bond acceptors (Lipinski definition) is 4. The van der Waals surface area contributed by atoms with E-state index in [0.29, 0.717) is 40.0 Å². The molecule has 2 aliphatic heterocycles. The molecule has 0 aliphatic carbocycles. The molecule has 1 spiro atoms. The summed E-state index contributed by atoms with van der Waals surface area (Å²) < 4.78 is 19.5. The van der Waals surface area contributed by atoms with E-state index in [1.54, 1.807) is 18.2 Å². The van der Waals surface area contributed by atoms with E-state index in [2.05, 4.69) is 29.8 Å². The second-order valence-corrected chi connectivity index (χ2v) is 8.98. The van der Waals surface area contributed by atoms with Crippen LogP contribution in [0.2, 0.25) is 5.02 Å². The topological polar surface area (TPSA) is 79.5 Å². The molecule has 8 heteroatoms. The van der Waals surface area contributed by atoms with E-state index < -0.39 is 17.3 Å². The lowest BCUT2D eigenvalue weighted by Crippen LogP contribution is -2.52. The quantitative estimate of drug-likeness (QED) is 0.641. The first kappa shape index (κ1) is 21.6. The van der Waals surface area contributed by atoms with Crippen LogP contribution in [0.25, 0.3) is 0 Å². The molecule has 31 heavy (non-hydrogen) atoms. The number of amides is 2. The Bertz CT molecular complexity index is 1040. The summed E-state index contributed by atoms with van der Waals surface area (Å²) >= 11 is 6.10. The van der Waals surface area contributed by atoms with E-state index in [1.807, 2.05) is 0 Å². The van der Waals surface area contributed by atoms with Gasteiger partial charge >= 0.3 is 0 Å². The highest BCUT2D eigenvalue weighted by molar-refractivity contribution is 6.31. The van der Waals surface area contributed by atoms with Gasteiger partial charge in [-0.25, -0.2) is 4.39 Å². The first-order chi connectivity index (χ1) is 14.7. The summed E-state index contributed by atoms with van der Waals surface area (Å²) in [7, 11) is 1.50. The van der Waals surface area contributed by atoms with Crippen molar-refractivity contribution in [2.75, 3.05) is 17.7 Å². The SMILES string of the molecule is COc1ccc(Cl)cc1NC(=O)[C@@H]1C[C@@H](CC(C)C)N[C@@]12C(=O)Nc1ccc(F)cc12. The molecule has 0 aromatic heterocycles. The minimum atomic E-state index is -1.34. The highest BCUT2D eigenvalue weighted by atomic mass is 35.5. The largest absolute Gasteiger partial charge is 0.495 e. The van der Waals surface area contributed by atoms with Crippen molar-refractivity contribution < 1.29 is 18.7 Å². The fourth-order valence-electron chi connectivity index (χ4n) is 4.75. The fourth-order valence-corrected chi connectivity index (χ4v) is 4.92. The van der Waals surface area contributed by atoms with Crippen molar-refractivity contribution in [2.45, 2.75) is 38.3 Å². The molecule has 164 valence electrons. The summed E-state index contributed by atoms with van der Waals surface area (Å²) in [5.74, 6) is -1.09. The molecule has 1 saturated heterocycles. The summed E-state index contributed by atoms with van der Waals surface area (Å²) in [6.45, 7) is 4.17. The van der Waals surface area contributed by atoms with E-state index in [4.69, 9.17) is 16.3 Å². The number of methoxy groups -OCH3 is 1. The first-order valence-corrected chi connectivity index (χ1v) is 10.7. The molecule has 3 atom stereocenters. The lowest BCUT2D eigenvalue weighted by Gasteiger charge is -2.29. The Kier molecular flexibility index (Phi) is 5.66. The van der Waals surface area contributed by atoms with E-state index in [0.717, 1.165) is 6.42 Å². The van der Waals surface area contributed by atoms with Gasteiger partial charge in [0.15, 0.2) is 0 Å². The predicted octanol–water partition coefficient (Wildman–Crippen LogP) is 4.30. The highest BCUT2D eigenvalue weighted by Crippen LogP contribution is 2.48. The molecular formula is C23H25ClFN3O3. The molecule has 0 saturated carbocycles. The molecule has 2 amide bonds. The van der Waals surface area contributed by atoms with Crippen molar-refractivity contribution in [1.82, 2.24) is 5.32 Å². The number of carbonyl (C=O) groups is 2. The van der Waals surface area contributed by atoms with Crippen LogP contribution in [0.4, 0.5) is 15.8 Å². The molecular weight excluding hydrogens is 421 g/mol. The molecule has 6 nitrogen and oxygen atoms in total.